The van der Waals surface area contributed by atoms with E-state index in [1.54, 1.807) is 24.3 Å². The number of nitrogens with zero attached hydrogens (tertiary/aromatic N) is 1. The van der Waals surface area contributed by atoms with Gasteiger partial charge < -0.3 is 14.8 Å². The van der Waals surface area contributed by atoms with E-state index in [0.29, 0.717) is 16.7 Å². The fourth-order valence-electron chi connectivity index (χ4n) is 3.38. The Labute approximate surface area is 221 Å². The number of hydrogen-bond acceptors (Lipinski definition) is 5. The predicted molar refractivity (Wildman–Crippen MR) is 136 cm³/mol. The van der Waals surface area contributed by atoms with E-state index >= 15 is 0 Å². The summed E-state index contributed by atoms with van der Waals surface area (Å²) in [5.41, 5.74) is -1.11. The first-order valence-electron chi connectivity index (χ1n) is 10.4. The van der Waals surface area contributed by atoms with Gasteiger partial charge in [-0.1, -0.05) is 35.3 Å². The van der Waals surface area contributed by atoms with Crippen molar-refractivity contribution in [2.75, 3.05) is 30.1 Å². The third-order valence-corrected chi connectivity index (χ3v) is 6.90. The van der Waals surface area contributed by atoms with Crippen molar-refractivity contribution < 1.29 is 35.9 Å². The lowest BCUT2D eigenvalue weighted by Crippen LogP contribution is -2.31. The molecule has 1 amide bonds. The van der Waals surface area contributed by atoms with E-state index in [-0.39, 0.29) is 40.0 Å². The van der Waals surface area contributed by atoms with Crippen molar-refractivity contribution in [3.05, 3.63) is 81.3 Å². The molecule has 0 radical (unpaired) electrons. The summed E-state index contributed by atoms with van der Waals surface area (Å²) >= 11 is 12.0. The molecule has 7 nitrogen and oxygen atoms in total. The number of amides is 1. The van der Waals surface area contributed by atoms with E-state index in [0.717, 1.165) is 22.7 Å². The molecule has 0 aromatic heterocycles. The number of anilines is 2. The van der Waals surface area contributed by atoms with Crippen LogP contribution in [0.15, 0.2) is 54.6 Å². The maximum absolute atomic E-state index is 13.4. The predicted octanol–water partition coefficient (Wildman–Crippen LogP) is 6.25. The van der Waals surface area contributed by atoms with Gasteiger partial charge in [0.05, 0.1) is 54.5 Å². The number of halogens is 5. The summed E-state index contributed by atoms with van der Waals surface area (Å²) in [6, 6.07) is 11.4. The van der Waals surface area contributed by atoms with Crippen molar-refractivity contribution in [3.8, 4) is 11.5 Å². The molecular weight excluding hydrogens is 556 g/mol. The van der Waals surface area contributed by atoms with Gasteiger partial charge in [-0.05, 0) is 42.0 Å². The highest BCUT2D eigenvalue weighted by molar-refractivity contribution is 7.92. The minimum atomic E-state index is -4.68. The highest BCUT2D eigenvalue weighted by Crippen LogP contribution is 2.38. The fraction of sp³-hybridized carbons (Fsp3) is 0.208. The van der Waals surface area contributed by atoms with Crippen LogP contribution in [0.25, 0.3) is 0 Å². The zero-order valence-corrected chi connectivity index (χ0v) is 22.0. The Bertz CT molecular complexity index is 1420. The first-order valence-corrected chi connectivity index (χ1v) is 13.0. The highest BCUT2D eigenvalue weighted by Gasteiger charge is 2.32. The number of sulfonamides is 1. The third kappa shape index (κ3) is 6.79. The van der Waals surface area contributed by atoms with Gasteiger partial charge in [-0.15, -0.1) is 0 Å². The molecule has 1 N–H and O–H groups in total. The Morgan fingerprint density at radius 3 is 2.11 bits per heavy atom. The molecule has 0 saturated carbocycles. The van der Waals surface area contributed by atoms with Crippen LogP contribution < -0.4 is 19.1 Å². The summed E-state index contributed by atoms with van der Waals surface area (Å²) in [6.45, 7) is -0.184. The van der Waals surface area contributed by atoms with Crippen LogP contribution in [0.2, 0.25) is 10.0 Å². The molecule has 0 aliphatic carbocycles. The van der Waals surface area contributed by atoms with Crippen molar-refractivity contribution in [2.24, 2.45) is 0 Å². The average molecular weight is 577 g/mol. The summed E-state index contributed by atoms with van der Waals surface area (Å²) in [6.07, 6.45) is -3.73. The molecule has 0 aliphatic rings. The smallest absolute Gasteiger partial charge is 0.416 e. The second-order valence-electron chi connectivity index (χ2n) is 7.77. The van der Waals surface area contributed by atoms with Crippen LogP contribution in [-0.2, 0) is 22.7 Å². The number of nitrogens with one attached hydrogen (secondary N) is 1. The number of ether oxygens (including phenoxy) is 2. The first kappa shape index (κ1) is 28.4. The number of carbonyl (C=O) groups is 1. The van der Waals surface area contributed by atoms with Crippen LogP contribution in [0.1, 0.15) is 21.5 Å². The van der Waals surface area contributed by atoms with E-state index in [4.69, 9.17) is 32.7 Å². The summed E-state index contributed by atoms with van der Waals surface area (Å²) in [5, 5.41) is 2.63. The Hall–Kier alpha value is -3.15. The van der Waals surface area contributed by atoms with E-state index < -0.39 is 27.7 Å². The fourth-order valence-corrected chi connectivity index (χ4v) is 4.56. The van der Waals surface area contributed by atoms with Gasteiger partial charge in [0.2, 0.25) is 10.0 Å². The molecule has 0 aliphatic heterocycles. The summed E-state index contributed by atoms with van der Waals surface area (Å²) in [7, 11) is -1.35. The van der Waals surface area contributed by atoms with Crippen molar-refractivity contribution in [1.29, 1.82) is 0 Å². The van der Waals surface area contributed by atoms with E-state index in [2.05, 4.69) is 5.32 Å². The lowest BCUT2D eigenvalue weighted by molar-refractivity contribution is -0.137. The molecule has 0 fully saturated rings. The molecule has 3 rings (SSSR count). The van der Waals surface area contributed by atoms with Gasteiger partial charge in [0.25, 0.3) is 5.91 Å². The minimum absolute atomic E-state index is 0.0893. The van der Waals surface area contributed by atoms with E-state index in [1.807, 2.05) is 0 Å². The van der Waals surface area contributed by atoms with Crippen LogP contribution in [0.4, 0.5) is 24.5 Å². The van der Waals surface area contributed by atoms with Crippen molar-refractivity contribution in [2.45, 2.75) is 12.7 Å². The molecule has 3 aromatic rings. The number of methoxy groups -OCH3 is 2. The quantitative estimate of drug-likeness (QED) is 0.342. The first-order chi connectivity index (χ1) is 17.2. The number of alkyl halides is 3. The van der Waals surface area contributed by atoms with Crippen LogP contribution in [0.3, 0.4) is 0 Å². The van der Waals surface area contributed by atoms with Crippen molar-refractivity contribution in [3.63, 3.8) is 0 Å². The van der Waals surface area contributed by atoms with Gasteiger partial charge in [0, 0.05) is 11.1 Å². The Balaban J connectivity index is 2.15. The summed E-state index contributed by atoms with van der Waals surface area (Å²) in [5.74, 6) is -0.718. The largest absolute Gasteiger partial charge is 0.493 e. The number of rotatable bonds is 8. The molecule has 0 heterocycles. The Morgan fingerprint density at radius 2 is 1.57 bits per heavy atom. The van der Waals surface area contributed by atoms with Gasteiger partial charge in [0.1, 0.15) is 0 Å². The van der Waals surface area contributed by atoms with Gasteiger partial charge in [-0.2, -0.15) is 13.2 Å². The van der Waals surface area contributed by atoms with Gasteiger partial charge in [0.15, 0.2) is 11.5 Å². The summed E-state index contributed by atoms with van der Waals surface area (Å²) < 4.78 is 76.8. The molecule has 13 heteroatoms. The van der Waals surface area contributed by atoms with Crippen LogP contribution >= 0.6 is 23.2 Å². The van der Waals surface area contributed by atoms with E-state index in [1.165, 1.54) is 26.4 Å². The molecule has 198 valence electrons. The zero-order valence-electron chi connectivity index (χ0n) is 19.7. The molecule has 0 atom stereocenters. The average Bonchev–Trinajstić information content (AvgIpc) is 2.82. The lowest BCUT2D eigenvalue weighted by Gasteiger charge is -2.26. The van der Waals surface area contributed by atoms with Gasteiger partial charge >= 0.3 is 6.18 Å². The number of carbonyl (C=O) groups excluding carboxylic acids is 1. The molecule has 0 spiro atoms. The summed E-state index contributed by atoms with van der Waals surface area (Å²) in [4.78, 5) is 13.4. The maximum atomic E-state index is 13.4. The molecule has 0 saturated heterocycles. The molecule has 0 bridgehead atoms. The second kappa shape index (κ2) is 11.1. The standard InChI is InChI=1S/C24H21Cl2F3N2O5S/c1-35-21-11-17(23(32)30-19-10-15(24(27,28)29)6-9-18(19)26)20(12-22(21)36-2)31(37(3,33)34)13-14-4-7-16(25)8-5-14/h4-12H,13H2,1-3H3,(H,30,32). The third-order valence-electron chi connectivity index (χ3n) is 5.20. The lowest BCUT2D eigenvalue weighted by atomic mass is 10.1. The Kier molecular flexibility index (Phi) is 8.51. The minimum Gasteiger partial charge on any atom is -0.493 e. The SMILES string of the molecule is COc1cc(C(=O)Nc2cc(C(F)(F)F)ccc2Cl)c(N(Cc2ccc(Cl)cc2)S(C)(=O)=O)cc1OC. The van der Waals surface area contributed by atoms with E-state index in [9.17, 15) is 26.4 Å². The normalized spacial score (nSPS) is 11.7. The Morgan fingerprint density at radius 1 is 0.973 bits per heavy atom. The number of benzene rings is 3. The second-order valence-corrected chi connectivity index (χ2v) is 10.5. The molecule has 0 unspecified atom stereocenters. The monoisotopic (exact) mass is 576 g/mol. The topological polar surface area (TPSA) is 84.9 Å². The van der Waals surface area contributed by atoms with Crippen LogP contribution in [0, 0.1) is 0 Å². The maximum Gasteiger partial charge on any atom is 0.416 e. The van der Waals surface area contributed by atoms with Crippen LogP contribution in [0.5, 0.6) is 11.5 Å². The zero-order chi connectivity index (χ0) is 27.5. The van der Waals surface area contributed by atoms with Crippen molar-refractivity contribution >= 4 is 50.5 Å². The van der Waals surface area contributed by atoms with Crippen molar-refractivity contribution in [1.82, 2.24) is 0 Å². The number of hydrogen-bond donors (Lipinski definition) is 1. The van der Waals surface area contributed by atoms with Crippen LogP contribution in [-0.4, -0.2) is 34.8 Å². The van der Waals surface area contributed by atoms with Gasteiger partial charge in [-0.25, -0.2) is 8.42 Å². The highest BCUT2D eigenvalue weighted by atomic mass is 35.5. The molecular formula is C24H21Cl2F3N2O5S. The molecule has 37 heavy (non-hydrogen) atoms. The molecule has 3 aromatic carbocycles. The van der Waals surface area contributed by atoms with Gasteiger partial charge in [-0.3, -0.25) is 9.10 Å².